The lowest BCUT2D eigenvalue weighted by Gasteiger charge is -2.20. The van der Waals surface area contributed by atoms with E-state index in [2.05, 4.69) is 6.92 Å². The molecule has 0 radical (unpaired) electrons. The Morgan fingerprint density at radius 2 is 2.12 bits per heavy atom. The quantitative estimate of drug-likeness (QED) is 0.832. The molecule has 16 heavy (non-hydrogen) atoms. The summed E-state index contributed by atoms with van der Waals surface area (Å²) in [6.45, 7) is 4.86. The maximum atomic E-state index is 13.8. The van der Waals surface area contributed by atoms with Gasteiger partial charge in [-0.05, 0) is 31.0 Å². The first-order valence-corrected chi connectivity index (χ1v) is 5.82. The Labute approximate surface area is 97.3 Å². The van der Waals surface area contributed by atoms with Crippen molar-refractivity contribution < 1.29 is 4.39 Å². The average molecular weight is 224 g/mol. The molecule has 1 aromatic rings. The first-order valence-electron chi connectivity index (χ1n) is 5.82. The monoisotopic (exact) mass is 224 g/mol. The van der Waals surface area contributed by atoms with Crippen molar-refractivity contribution in [3.63, 3.8) is 0 Å². The van der Waals surface area contributed by atoms with Crippen LogP contribution in [0.5, 0.6) is 0 Å². The van der Waals surface area contributed by atoms with E-state index in [4.69, 9.17) is 5.73 Å². The van der Waals surface area contributed by atoms with Crippen LogP contribution in [0.3, 0.4) is 0 Å². The van der Waals surface area contributed by atoms with Gasteiger partial charge in [0.1, 0.15) is 5.82 Å². The van der Waals surface area contributed by atoms with E-state index < -0.39 is 0 Å². The van der Waals surface area contributed by atoms with Crippen LogP contribution in [0.15, 0.2) is 18.2 Å². The van der Waals surface area contributed by atoms with E-state index >= 15 is 0 Å². The highest BCUT2D eigenvalue weighted by Crippen LogP contribution is 2.22. The number of unbranched alkanes of at least 4 members (excludes halogenated alkanes) is 1. The number of rotatable bonds is 5. The second kappa shape index (κ2) is 5.85. The summed E-state index contributed by atoms with van der Waals surface area (Å²) in [5, 5.41) is 0. The van der Waals surface area contributed by atoms with Gasteiger partial charge in [-0.15, -0.1) is 0 Å². The maximum Gasteiger partial charge on any atom is 0.146 e. The third kappa shape index (κ3) is 3.20. The Balaban J connectivity index is 2.81. The summed E-state index contributed by atoms with van der Waals surface area (Å²) in [5.41, 5.74) is 7.20. The van der Waals surface area contributed by atoms with Crippen molar-refractivity contribution in [1.82, 2.24) is 0 Å². The van der Waals surface area contributed by atoms with Gasteiger partial charge in [-0.3, -0.25) is 0 Å². The molecule has 0 aliphatic rings. The zero-order valence-corrected chi connectivity index (χ0v) is 10.3. The van der Waals surface area contributed by atoms with Crippen molar-refractivity contribution in [3.05, 3.63) is 29.6 Å². The fraction of sp³-hybridized carbons (Fsp3) is 0.538. The molecule has 0 unspecified atom stereocenters. The number of hydrogen-bond acceptors (Lipinski definition) is 2. The van der Waals surface area contributed by atoms with Crippen LogP contribution >= 0.6 is 0 Å². The lowest BCUT2D eigenvalue weighted by atomic mass is 10.1. The predicted octanol–water partition coefficient (Wildman–Crippen LogP) is 3.08. The van der Waals surface area contributed by atoms with Gasteiger partial charge in [-0.25, -0.2) is 4.39 Å². The van der Waals surface area contributed by atoms with Crippen LogP contribution in [-0.4, -0.2) is 13.6 Å². The SMILES string of the molecule is CCCCN(C)c1ccc([C@@H](C)N)cc1F. The topological polar surface area (TPSA) is 29.3 Å². The summed E-state index contributed by atoms with van der Waals surface area (Å²) in [5.74, 6) is -0.187. The first kappa shape index (κ1) is 13.0. The van der Waals surface area contributed by atoms with E-state index in [-0.39, 0.29) is 11.9 Å². The molecule has 0 fully saturated rings. The minimum Gasteiger partial charge on any atom is -0.372 e. The van der Waals surface area contributed by atoms with Crippen LogP contribution in [0.2, 0.25) is 0 Å². The van der Waals surface area contributed by atoms with E-state index in [0.29, 0.717) is 5.69 Å². The zero-order valence-electron chi connectivity index (χ0n) is 10.3. The van der Waals surface area contributed by atoms with Crippen molar-refractivity contribution in [2.45, 2.75) is 32.7 Å². The Hall–Kier alpha value is -1.09. The Morgan fingerprint density at radius 3 is 2.62 bits per heavy atom. The number of hydrogen-bond donors (Lipinski definition) is 1. The summed E-state index contributed by atoms with van der Waals surface area (Å²) < 4.78 is 13.8. The third-order valence-corrected chi connectivity index (χ3v) is 2.76. The Kier molecular flexibility index (Phi) is 4.74. The van der Waals surface area contributed by atoms with Crippen molar-refractivity contribution in [2.75, 3.05) is 18.5 Å². The number of nitrogens with two attached hydrogens (primary N) is 1. The first-order chi connectivity index (χ1) is 7.56. The molecule has 0 saturated carbocycles. The summed E-state index contributed by atoms with van der Waals surface area (Å²) in [7, 11) is 1.92. The standard InChI is InChI=1S/C13H21FN2/c1-4-5-8-16(3)13-7-6-11(10(2)15)9-12(13)14/h6-7,9-10H,4-5,8,15H2,1-3H3/t10-/m1/s1. The summed E-state index contributed by atoms with van der Waals surface area (Å²) in [4.78, 5) is 1.95. The Bertz CT molecular complexity index is 337. The molecular formula is C13H21FN2. The van der Waals surface area contributed by atoms with Gasteiger partial charge in [0.25, 0.3) is 0 Å². The van der Waals surface area contributed by atoms with Gasteiger partial charge in [-0.2, -0.15) is 0 Å². The molecule has 0 amide bonds. The molecule has 2 nitrogen and oxygen atoms in total. The van der Waals surface area contributed by atoms with Crippen molar-refractivity contribution >= 4 is 5.69 Å². The zero-order chi connectivity index (χ0) is 12.1. The Morgan fingerprint density at radius 1 is 1.44 bits per heavy atom. The molecule has 2 N–H and O–H groups in total. The highest BCUT2D eigenvalue weighted by Gasteiger charge is 2.09. The minimum atomic E-state index is -0.187. The number of anilines is 1. The van der Waals surface area contributed by atoms with Gasteiger partial charge in [0.05, 0.1) is 5.69 Å². The van der Waals surface area contributed by atoms with Gasteiger partial charge in [0.2, 0.25) is 0 Å². The predicted molar refractivity (Wildman–Crippen MR) is 67.2 cm³/mol. The molecule has 0 bridgehead atoms. The van der Waals surface area contributed by atoms with Crippen molar-refractivity contribution in [2.24, 2.45) is 5.73 Å². The number of benzene rings is 1. The number of halogens is 1. The third-order valence-electron chi connectivity index (χ3n) is 2.76. The molecule has 1 rings (SSSR count). The summed E-state index contributed by atoms with van der Waals surface area (Å²) in [6.07, 6.45) is 2.19. The fourth-order valence-corrected chi connectivity index (χ4v) is 1.63. The highest BCUT2D eigenvalue weighted by atomic mass is 19.1. The van der Waals surface area contributed by atoms with Crippen molar-refractivity contribution in [3.8, 4) is 0 Å². The van der Waals surface area contributed by atoms with Gasteiger partial charge < -0.3 is 10.6 Å². The van der Waals surface area contributed by atoms with Crippen LogP contribution in [-0.2, 0) is 0 Å². The molecule has 0 spiro atoms. The van der Waals surface area contributed by atoms with E-state index in [0.717, 1.165) is 24.9 Å². The number of nitrogens with zero attached hydrogens (tertiary/aromatic N) is 1. The van der Waals surface area contributed by atoms with Gasteiger partial charge >= 0.3 is 0 Å². The molecule has 0 heterocycles. The van der Waals surface area contributed by atoms with Crippen molar-refractivity contribution in [1.29, 1.82) is 0 Å². The van der Waals surface area contributed by atoms with Gasteiger partial charge in [-0.1, -0.05) is 19.4 Å². The second-order valence-corrected chi connectivity index (χ2v) is 4.27. The molecule has 3 heteroatoms. The molecule has 1 aromatic carbocycles. The van der Waals surface area contributed by atoms with Crippen LogP contribution in [0.4, 0.5) is 10.1 Å². The summed E-state index contributed by atoms with van der Waals surface area (Å²) >= 11 is 0. The lowest BCUT2D eigenvalue weighted by molar-refractivity contribution is 0.614. The minimum absolute atomic E-state index is 0.121. The molecular weight excluding hydrogens is 203 g/mol. The summed E-state index contributed by atoms with van der Waals surface area (Å²) in [6, 6.07) is 5.11. The lowest BCUT2D eigenvalue weighted by Crippen LogP contribution is -2.19. The van der Waals surface area contributed by atoms with Crippen LogP contribution in [0, 0.1) is 5.82 Å². The molecule has 1 atom stereocenters. The van der Waals surface area contributed by atoms with E-state index in [1.54, 1.807) is 0 Å². The normalized spacial score (nSPS) is 12.6. The van der Waals surface area contributed by atoms with E-state index in [1.165, 1.54) is 6.07 Å². The van der Waals surface area contributed by atoms with Gasteiger partial charge in [0.15, 0.2) is 0 Å². The largest absolute Gasteiger partial charge is 0.372 e. The van der Waals surface area contributed by atoms with Crippen LogP contribution in [0.1, 0.15) is 38.3 Å². The molecule has 90 valence electrons. The molecule has 0 saturated heterocycles. The van der Waals surface area contributed by atoms with Crippen LogP contribution in [0.25, 0.3) is 0 Å². The molecule has 0 aromatic heterocycles. The maximum absolute atomic E-state index is 13.8. The van der Waals surface area contributed by atoms with E-state index in [9.17, 15) is 4.39 Å². The average Bonchev–Trinajstić information content (AvgIpc) is 2.25. The smallest absolute Gasteiger partial charge is 0.146 e. The fourth-order valence-electron chi connectivity index (χ4n) is 1.63. The second-order valence-electron chi connectivity index (χ2n) is 4.27. The van der Waals surface area contributed by atoms with E-state index in [1.807, 2.05) is 31.0 Å². The van der Waals surface area contributed by atoms with Gasteiger partial charge in [0, 0.05) is 19.6 Å². The molecule has 0 aliphatic heterocycles. The van der Waals surface area contributed by atoms with Crippen LogP contribution < -0.4 is 10.6 Å². The molecule has 0 aliphatic carbocycles. The highest BCUT2D eigenvalue weighted by molar-refractivity contribution is 5.48.